The van der Waals surface area contributed by atoms with Crippen LogP contribution in [0.3, 0.4) is 0 Å². The molecule has 4 aliphatic rings. The number of aryl methyl sites for hydroxylation is 1. The van der Waals surface area contributed by atoms with E-state index in [2.05, 4.69) is 38.2 Å². The summed E-state index contributed by atoms with van der Waals surface area (Å²) in [6.45, 7) is 6.13. The van der Waals surface area contributed by atoms with Gasteiger partial charge in [-0.05, 0) is 51.2 Å². The summed E-state index contributed by atoms with van der Waals surface area (Å²) in [5.74, 6) is 2.41. The van der Waals surface area contributed by atoms with Crippen LogP contribution in [0.25, 0.3) is 22.4 Å². The first-order chi connectivity index (χ1) is 22.8. The Labute approximate surface area is 272 Å². The number of hydrogen-bond acceptors (Lipinski definition) is 11. The lowest BCUT2D eigenvalue weighted by Gasteiger charge is -2.42. The van der Waals surface area contributed by atoms with Gasteiger partial charge in [0.2, 0.25) is 0 Å². The molecule has 15 heteroatoms. The summed E-state index contributed by atoms with van der Waals surface area (Å²) in [6.07, 6.45) is 8.81. The SMILES string of the molecule is C[C@@H]1OCC2(CCN(c3cnc4c(N5CCN(C)c6nc(-c7cnn(C)c7)ccc65)nn(C5CCCCO5)c4n3)CC2)[C@@H]1NC(=O)O. The van der Waals surface area contributed by atoms with Crippen molar-refractivity contribution in [3.05, 3.63) is 30.7 Å². The largest absolute Gasteiger partial charge is 0.465 e. The van der Waals surface area contributed by atoms with E-state index < -0.39 is 6.09 Å². The molecule has 0 radical (unpaired) electrons. The third-order valence-corrected chi connectivity index (χ3v) is 10.3. The molecule has 3 saturated heterocycles. The Hall–Kier alpha value is -4.50. The van der Waals surface area contributed by atoms with Crippen molar-refractivity contribution in [1.82, 2.24) is 39.8 Å². The Bertz CT molecular complexity index is 1790. The van der Waals surface area contributed by atoms with Crippen LogP contribution in [0.1, 0.15) is 45.3 Å². The Balaban J connectivity index is 1.13. The van der Waals surface area contributed by atoms with E-state index in [1.165, 1.54) is 0 Å². The zero-order valence-corrected chi connectivity index (χ0v) is 27.0. The lowest BCUT2D eigenvalue weighted by molar-refractivity contribution is -0.0368. The second-order valence-corrected chi connectivity index (χ2v) is 13.3. The Morgan fingerprint density at radius 3 is 2.64 bits per heavy atom. The number of piperidine rings is 1. The number of ether oxygens (including phenoxy) is 2. The molecule has 8 rings (SSSR count). The first-order valence-electron chi connectivity index (χ1n) is 16.5. The minimum Gasteiger partial charge on any atom is -0.465 e. The van der Waals surface area contributed by atoms with E-state index in [0.29, 0.717) is 18.9 Å². The maximum absolute atomic E-state index is 11.5. The zero-order valence-electron chi connectivity index (χ0n) is 27.0. The summed E-state index contributed by atoms with van der Waals surface area (Å²) in [5, 5.41) is 21.7. The molecule has 8 heterocycles. The summed E-state index contributed by atoms with van der Waals surface area (Å²) in [6, 6.07) is 3.91. The van der Waals surface area contributed by atoms with Crippen LogP contribution in [0.5, 0.6) is 0 Å². The minimum absolute atomic E-state index is 0.158. The van der Waals surface area contributed by atoms with E-state index >= 15 is 0 Å². The number of nitrogens with zero attached hydrogens (tertiary/aromatic N) is 10. The van der Waals surface area contributed by atoms with Crippen LogP contribution < -0.4 is 20.0 Å². The molecule has 1 unspecified atom stereocenters. The number of carboxylic acid groups (broad SMARTS) is 1. The molecule has 4 aliphatic heterocycles. The molecule has 3 atom stereocenters. The monoisotopic (exact) mass is 643 g/mol. The molecule has 1 spiro atoms. The molecule has 4 aromatic rings. The second-order valence-electron chi connectivity index (χ2n) is 13.3. The van der Waals surface area contributed by atoms with Crippen molar-refractivity contribution >= 4 is 40.4 Å². The smallest absolute Gasteiger partial charge is 0.404 e. The molecule has 0 aromatic carbocycles. The van der Waals surface area contributed by atoms with Crippen LogP contribution in [0.15, 0.2) is 30.7 Å². The minimum atomic E-state index is -1.01. The molecule has 4 aromatic heterocycles. The fourth-order valence-electron chi connectivity index (χ4n) is 7.70. The van der Waals surface area contributed by atoms with E-state index in [9.17, 15) is 9.90 Å². The van der Waals surface area contributed by atoms with E-state index in [1.54, 1.807) is 4.68 Å². The highest BCUT2D eigenvalue weighted by molar-refractivity contribution is 5.90. The van der Waals surface area contributed by atoms with Crippen molar-refractivity contribution in [1.29, 1.82) is 0 Å². The van der Waals surface area contributed by atoms with Gasteiger partial charge in [-0.25, -0.2) is 24.4 Å². The summed E-state index contributed by atoms with van der Waals surface area (Å²) in [4.78, 5) is 33.4. The summed E-state index contributed by atoms with van der Waals surface area (Å²) < 4.78 is 15.9. The molecule has 0 saturated carbocycles. The average Bonchev–Trinajstić information content (AvgIpc) is 3.78. The van der Waals surface area contributed by atoms with Gasteiger partial charge in [0.05, 0.1) is 42.5 Å². The van der Waals surface area contributed by atoms with Gasteiger partial charge in [0.25, 0.3) is 0 Å². The third-order valence-electron chi connectivity index (χ3n) is 10.3. The number of carbonyl (C=O) groups is 1. The molecule has 0 bridgehead atoms. The number of likely N-dealkylation sites (N-methyl/N-ethyl adjacent to an activating group) is 1. The number of fused-ring (bicyclic) bond motifs is 2. The van der Waals surface area contributed by atoms with Crippen molar-refractivity contribution in [3.63, 3.8) is 0 Å². The van der Waals surface area contributed by atoms with Crippen molar-refractivity contribution in [2.24, 2.45) is 12.5 Å². The third kappa shape index (κ3) is 5.21. The van der Waals surface area contributed by atoms with E-state index in [-0.39, 0.29) is 23.8 Å². The van der Waals surface area contributed by atoms with E-state index in [0.717, 1.165) is 98.2 Å². The molecule has 2 N–H and O–H groups in total. The van der Waals surface area contributed by atoms with Crippen molar-refractivity contribution in [2.45, 2.75) is 57.4 Å². The normalized spacial score (nSPS) is 24.2. The summed E-state index contributed by atoms with van der Waals surface area (Å²) in [5.41, 5.74) is 4.01. The van der Waals surface area contributed by atoms with Crippen molar-refractivity contribution in [3.8, 4) is 11.3 Å². The van der Waals surface area contributed by atoms with Crippen LogP contribution >= 0.6 is 0 Å². The van der Waals surface area contributed by atoms with Crippen LogP contribution in [0.4, 0.5) is 27.9 Å². The zero-order chi connectivity index (χ0) is 32.3. The van der Waals surface area contributed by atoms with Crippen LogP contribution in [-0.4, -0.2) is 104 Å². The van der Waals surface area contributed by atoms with Gasteiger partial charge in [0.15, 0.2) is 29.0 Å². The highest BCUT2D eigenvalue weighted by Crippen LogP contribution is 2.44. The average molecular weight is 644 g/mol. The van der Waals surface area contributed by atoms with Gasteiger partial charge in [0, 0.05) is 64.1 Å². The number of amides is 1. The maximum atomic E-state index is 11.5. The van der Waals surface area contributed by atoms with Gasteiger partial charge < -0.3 is 34.6 Å². The number of anilines is 4. The van der Waals surface area contributed by atoms with E-state index in [4.69, 9.17) is 29.5 Å². The van der Waals surface area contributed by atoms with Crippen LogP contribution in [0.2, 0.25) is 0 Å². The van der Waals surface area contributed by atoms with Crippen LogP contribution in [-0.2, 0) is 16.5 Å². The number of hydrogen-bond donors (Lipinski definition) is 2. The first kappa shape index (κ1) is 29.9. The highest BCUT2D eigenvalue weighted by Gasteiger charge is 2.50. The topological polar surface area (TPSA) is 152 Å². The molecule has 248 valence electrons. The molecule has 15 nitrogen and oxygen atoms in total. The molecule has 47 heavy (non-hydrogen) atoms. The van der Waals surface area contributed by atoms with Crippen LogP contribution in [0, 0.1) is 5.41 Å². The van der Waals surface area contributed by atoms with Gasteiger partial charge in [0.1, 0.15) is 5.82 Å². The fourth-order valence-corrected chi connectivity index (χ4v) is 7.70. The number of pyridine rings is 1. The van der Waals surface area contributed by atoms with Gasteiger partial charge in [-0.3, -0.25) is 4.68 Å². The standard InChI is InChI=1S/C32H41N11O4/c1-20-27(37-31(44)45)32(19-47-20)9-11-41(12-10-32)24-17-33-26-29(36-24)43(25-6-4-5-15-46-25)38-30(26)42-14-13-39(2)28-23(42)8-7-22(35-28)21-16-34-40(3)18-21/h7-8,16-18,20,25,27,37H,4-6,9-15,19H2,1-3H3,(H,44,45)/t20-,25?,27+/m0/s1. The quantitative estimate of drug-likeness (QED) is 0.327. The Morgan fingerprint density at radius 1 is 1.04 bits per heavy atom. The molecule has 0 aliphatic carbocycles. The number of rotatable bonds is 5. The van der Waals surface area contributed by atoms with Gasteiger partial charge in [-0.1, -0.05) is 0 Å². The predicted molar refractivity (Wildman–Crippen MR) is 175 cm³/mol. The van der Waals surface area contributed by atoms with Gasteiger partial charge in [-0.2, -0.15) is 5.10 Å². The number of aromatic nitrogens is 7. The molecular formula is C32H41N11O4. The highest BCUT2D eigenvalue weighted by atomic mass is 16.5. The lowest BCUT2D eigenvalue weighted by Crippen LogP contribution is -2.54. The maximum Gasteiger partial charge on any atom is 0.404 e. The fraction of sp³-hybridized carbons (Fsp3) is 0.562. The van der Waals surface area contributed by atoms with Crippen molar-refractivity contribution in [2.75, 3.05) is 61.1 Å². The molecule has 1 amide bonds. The summed E-state index contributed by atoms with van der Waals surface area (Å²) in [7, 11) is 3.97. The second kappa shape index (κ2) is 11.6. The lowest BCUT2D eigenvalue weighted by atomic mass is 9.73. The number of nitrogens with one attached hydrogen (secondary N) is 1. The Kier molecular flexibility index (Phi) is 7.39. The molecule has 3 fully saturated rings. The van der Waals surface area contributed by atoms with Crippen molar-refractivity contribution < 1.29 is 19.4 Å². The molecular weight excluding hydrogens is 602 g/mol. The summed E-state index contributed by atoms with van der Waals surface area (Å²) >= 11 is 0. The predicted octanol–water partition coefficient (Wildman–Crippen LogP) is 3.55. The van der Waals surface area contributed by atoms with Gasteiger partial charge in [-0.15, -0.1) is 5.10 Å². The Morgan fingerprint density at radius 2 is 1.89 bits per heavy atom. The first-order valence-corrected chi connectivity index (χ1v) is 16.5. The van der Waals surface area contributed by atoms with Gasteiger partial charge >= 0.3 is 6.09 Å². The van der Waals surface area contributed by atoms with E-state index in [1.807, 2.05) is 43.3 Å².